The zero-order valence-corrected chi connectivity index (χ0v) is 8.49. The minimum atomic E-state index is 0. The average molecular weight is 193 g/mol. The van der Waals surface area contributed by atoms with Crippen molar-refractivity contribution in [2.75, 3.05) is 20.1 Å². The number of likely N-dealkylation sites (N-methyl/N-ethyl adjacent to an activating group) is 1. The van der Waals surface area contributed by atoms with Gasteiger partial charge in [-0.05, 0) is 19.4 Å². The summed E-state index contributed by atoms with van der Waals surface area (Å²) in [6.45, 7) is 3.95. The number of hydrogen-bond donors (Lipinski definition) is 1. The fourth-order valence-corrected chi connectivity index (χ4v) is 1.21. The van der Waals surface area contributed by atoms with Crippen LogP contribution in [0.25, 0.3) is 0 Å². The summed E-state index contributed by atoms with van der Waals surface area (Å²) >= 11 is 0. The summed E-state index contributed by atoms with van der Waals surface area (Å²) in [5.41, 5.74) is 0. The summed E-state index contributed by atoms with van der Waals surface area (Å²) < 4.78 is 0. The van der Waals surface area contributed by atoms with E-state index in [1.54, 1.807) is 4.90 Å². The molecule has 12 heavy (non-hydrogen) atoms. The van der Waals surface area contributed by atoms with Crippen molar-refractivity contribution < 1.29 is 4.79 Å². The Kier molecular flexibility index (Phi) is 5.25. The van der Waals surface area contributed by atoms with Gasteiger partial charge in [0.1, 0.15) is 0 Å². The normalized spacial score (nSPS) is 20.7. The Balaban J connectivity index is 0.00000121. The van der Waals surface area contributed by atoms with Crippen molar-refractivity contribution in [1.29, 1.82) is 0 Å². The molecule has 1 rings (SSSR count). The van der Waals surface area contributed by atoms with Gasteiger partial charge in [-0.1, -0.05) is 6.92 Å². The largest absolute Gasteiger partial charge is 0.344 e. The molecule has 1 N–H and O–H groups in total. The number of hydrogen-bond acceptors (Lipinski definition) is 2. The Labute approximate surface area is 79.9 Å². The van der Waals surface area contributed by atoms with Gasteiger partial charge in [0.2, 0.25) is 5.91 Å². The molecular weight excluding hydrogens is 176 g/mol. The van der Waals surface area contributed by atoms with E-state index in [9.17, 15) is 4.79 Å². The topological polar surface area (TPSA) is 32.3 Å². The summed E-state index contributed by atoms with van der Waals surface area (Å²) in [7, 11) is 1.87. The first kappa shape index (κ1) is 11.7. The highest BCUT2D eigenvalue weighted by Gasteiger charge is 2.26. The van der Waals surface area contributed by atoms with Gasteiger partial charge in [0.05, 0.1) is 6.04 Å². The molecule has 3 nitrogen and oxygen atoms in total. The molecule has 0 radical (unpaired) electrons. The van der Waals surface area contributed by atoms with E-state index in [0.29, 0.717) is 0 Å². The second-order valence-corrected chi connectivity index (χ2v) is 3.06. The maximum Gasteiger partial charge on any atom is 0.239 e. The van der Waals surface area contributed by atoms with Crippen LogP contribution < -0.4 is 5.32 Å². The highest BCUT2D eigenvalue weighted by Crippen LogP contribution is 2.05. The van der Waals surface area contributed by atoms with Crippen molar-refractivity contribution in [2.45, 2.75) is 25.8 Å². The van der Waals surface area contributed by atoms with Crippen molar-refractivity contribution >= 4 is 18.3 Å². The quantitative estimate of drug-likeness (QED) is 0.712. The zero-order valence-electron chi connectivity index (χ0n) is 7.67. The molecule has 1 aliphatic rings. The van der Waals surface area contributed by atoms with E-state index in [2.05, 4.69) is 12.2 Å². The monoisotopic (exact) mass is 192 g/mol. The second kappa shape index (κ2) is 5.38. The summed E-state index contributed by atoms with van der Waals surface area (Å²) in [4.78, 5) is 13.2. The van der Waals surface area contributed by atoms with Gasteiger partial charge >= 0.3 is 0 Å². The number of halogens is 1. The minimum Gasteiger partial charge on any atom is -0.344 e. The molecule has 0 aromatic heterocycles. The number of carbonyl (C=O) groups excluding carboxylic acids is 1. The van der Waals surface area contributed by atoms with Crippen molar-refractivity contribution in [3.05, 3.63) is 0 Å². The van der Waals surface area contributed by atoms with Crippen LogP contribution >= 0.6 is 12.4 Å². The number of rotatable bonds is 3. The van der Waals surface area contributed by atoms with E-state index >= 15 is 0 Å². The standard InChI is InChI=1S/C8H16N2O.ClH/c1-3-6-10(2)8(11)7-4-5-9-7;/h7,9H,3-6H2,1-2H3;1H/t7-;/m1./s1. The Bertz CT molecular complexity index is 148. The third-order valence-electron chi connectivity index (χ3n) is 2.06. The van der Waals surface area contributed by atoms with Gasteiger partial charge in [-0.15, -0.1) is 12.4 Å². The molecule has 0 spiro atoms. The van der Waals surface area contributed by atoms with Crippen molar-refractivity contribution in [1.82, 2.24) is 10.2 Å². The van der Waals surface area contributed by atoms with Crippen LogP contribution in [0.1, 0.15) is 19.8 Å². The van der Waals surface area contributed by atoms with Crippen molar-refractivity contribution in [3.63, 3.8) is 0 Å². The molecule has 0 aromatic rings. The van der Waals surface area contributed by atoms with Crippen LogP contribution in [-0.4, -0.2) is 37.0 Å². The summed E-state index contributed by atoms with van der Waals surface area (Å²) in [6.07, 6.45) is 2.04. The predicted molar refractivity (Wildman–Crippen MR) is 51.6 cm³/mol. The van der Waals surface area contributed by atoms with Crippen LogP contribution in [-0.2, 0) is 4.79 Å². The van der Waals surface area contributed by atoms with Gasteiger partial charge in [-0.2, -0.15) is 0 Å². The maximum atomic E-state index is 11.4. The molecule has 1 fully saturated rings. The lowest BCUT2D eigenvalue weighted by atomic mass is 10.1. The first-order valence-corrected chi connectivity index (χ1v) is 4.24. The molecule has 0 aliphatic carbocycles. The van der Waals surface area contributed by atoms with E-state index in [0.717, 1.165) is 25.9 Å². The van der Waals surface area contributed by atoms with Gasteiger partial charge in [0.25, 0.3) is 0 Å². The van der Waals surface area contributed by atoms with Gasteiger partial charge in [0.15, 0.2) is 0 Å². The highest BCUT2D eigenvalue weighted by atomic mass is 35.5. The van der Waals surface area contributed by atoms with Gasteiger partial charge in [-0.3, -0.25) is 4.79 Å². The Morgan fingerprint density at radius 2 is 2.25 bits per heavy atom. The lowest BCUT2D eigenvalue weighted by Crippen LogP contribution is -2.53. The van der Waals surface area contributed by atoms with E-state index in [-0.39, 0.29) is 24.4 Å². The van der Waals surface area contributed by atoms with Crippen LogP contribution in [0.3, 0.4) is 0 Å². The molecule has 72 valence electrons. The maximum absolute atomic E-state index is 11.4. The first-order chi connectivity index (χ1) is 5.25. The van der Waals surface area contributed by atoms with Crippen LogP contribution in [0.15, 0.2) is 0 Å². The third kappa shape index (κ3) is 2.64. The van der Waals surface area contributed by atoms with Crippen LogP contribution in [0.2, 0.25) is 0 Å². The molecule has 0 saturated carbocycles. The fourth-order valence-electron chi connectivity index (χ4n) is 1.21. The molecule has 1 heterocycles. The predicted octanol–water partition coefficient (Wildman–Crippen LogP) is 0.638. The summed E-state index contributed by atoms with van der Waals surface area (Å²) in [6, 6.07) is 0.117. The van der Waals surface area contributed by atoms with E-state index in [1.807, 2.05) is 7.05 Å². The second-order valence-electron chi connectivity index (χ2n) is 3.06. The smallest absolute Gasteiger partial charge is 0.239 e. The van der Waals surface area contributed by atoms with E-state index in [1.165, 1.54) is 0 Å². The molecule has 0 unspecified atom stereocenters. The molecular formula is C8H17ClN2O. The lowest BCUT2D eigenvalue weighted by Gasteiger charge is -2.30. The number of amides is 1. The summed E-state index contributed by atoms with van der Waals surface area (Å²) in [5.74, 6) is 0.248. The molecule has 4 heteroatoms. The SMILES string of the molecule is CCCN(C)C(=O)[C@H]1CCN1.Cl. The van der Waals surface area contributed by atoms with Gasteiger partial charge in [-0.25, -0.2) is 0 Å². The Hall–Kier alpha value is -0.280. The van der Waals surface area contributed by atoms with Gasteiger partial charge in [0, 0.05) is 13.6 Å². The van der Waals surface area contributed by atoms with Crippen LogP contribution in [0.4, 0.5) is 0 Å². The fraction of sp³-hybridized carbons (Fsp3) is 0.875. The highest BCUT2D eigenvalue weighted by molar-refractivity contribution is 5.85. The van der Waals surface area contributed by atoms with E-state index in [4.69, 9.17) is 0 Å². The Morgan fingerprint density at radius 1 is 1.67 bits per heavy atom. The van der Waals surface area contributed by atoms with Crippen molar-refractivity contribution in [2.24, 2.45) is 0 Å². The third-order valence-corrected chi connectivity index (χ3v) is 2.06. The van der Waals surface area contributed by atoms with E-state index < -0.39 is 0 Å². The molecule has 0 bridgehead atoms. The molecule has 1 amide bonds. The zero-order chi connectivity index (χ0) is 8.27. The van der Waals surface area contributed by atoms with Gasteiger partial charge < -0.3 is 10.2 Å². The molecule has 0 aromatic carbocycles. The Morgan fingerprint density at radius 3 is 2.58 bits per heavy atom. The van der Waals surface area contributed by atoms with Crippen LogP contribution in [0.5, 0.6) is 0 Å². The van der Waals surface area contributed by atoms with Crippen molar-refractivity contribution in [3.8, 4) is 0 Å². The number of nitrogens with one attached hydrogen (secondary N) is 1. The van der Waals surface area contributed by atoms with Crippen LogP contribution in [0, 0.1) is 0 Å². The minimum absolute atomic E-state index is 0. The first-order valence-electron chi connectivity index (χ1n) is 4.24. The number of carbonyl (C=O) groups is 1. The molecule has 1 saturated heterocycles. The number of nitrogens with zero attached hydrogens (tertiary/aromatic N) is 1. The lowest BCUT2D eigenvalue weighted by molar-refractivity contribution is -0.133. The molecule has 1 atom stereocenters. The molecule has 1 aliphatic heterocycles. The summed E-state index contributed by atoms with van der Waals surface area (Å²) in [5, 5.41) is 3.09. The average Bonchev–Trinajstić information content (AvgIpc) is 1.84.